The van der Waals surface area contributed by atoms with Crippen LogP contribution >= 0.6 is 62.1 Å². The van der Waals surface area contributed by atoms with Crippen molar-refractivity contribution in [2.75, 3.05) is 0 Å². The van der Waals surface area contributed by atoms with Crippen LogP contribution < -0.4 is 4.74 Å². The van der Waals surface area contributed by atoms with Crippen LogP contribution in [0.5, 0.6) is 11.6 Å². The lowest BCUT2D eigenvalue weighted by Crippen LogP contribution is -1.92. The molecule has 0 aliphatic rings. The highest BCUT2D eigenvalue weighted by Crippen LogP contribution is 2.37. The Morgan fingerprint density at radius 3 is 2.85 bits per heavy atom. The van der Waals surface area contributed by atoms with E-state index in [9.17, 15) is 0 Å². The Morgan fingerprint density at radius 2 is 2.10 bits per heavy atom. The molecular weight excluding hydrogens is 406 g/mol. The molecule has 0 atom stereocenters. The molecule has 3 aromatic rings. The molecule has 3 rings (SSSR count). The summed E-state index contributed by atoms with van der Waals surface area (Å²) in [5, 5.41) is 2.89. The number of hydrogen-bond acceptors (Lipinski definition) is 3. The first-order chi connectivity index (χ1) is 9.60. The van der Waals surface area contributed by atoms with Gasteiger partial charge in [-0.3, -0.25) is 4.40 Å². The molecule has 0 saturated carbocycles. The molecule has 2 aromatic heterocycles. The number of thiazole rings is 1. The Morgan fingerprint density at radius 1 is 1.30 bits per heavy atom. The van der Waals surface area contributed by atoms with Crippen LogP contribution in [0, 0.1) is 0 Å². The summed E-state index contributed by atoms with van der Waals surface area (Å²) >= 11 is 23.0. The fraction of sp³-hybridized carbons (Fsp3) is 0.0833. The molecule has 0 spiro atoms. The fourth-order valence-electron chi connectivity index (χ4n) is 1.70. The van der Waals surface area contributed by atoms with Gasteiger partial charge in [-0.05, 0) is 22.0 Å². The lowest BCUT2D eigenvalue weighted by molar-refractivity contribution is 0.461. The summed E-state index contributed by atoms with van der Waals surface area (Å²) in [4.78, 5) is 5.21. The molecule has 20 heavy (non-hydrogen) atoms. The van der Waals surface area contributed by atoms with E-state index in [1.807, 2.05) is 16.0 Å². The molecule has 0 saturated heterocycles. The van der Waals surface area contributed by atoms with Gasteiger partial charge in [0.05, 0.1) is 15.9 Å². The number of rotatable bonds is 3. The second kappa shape index (κ2) is 5.73. The van der Waals surface area contributed by atoms with Crippen LogP contribution in [0.4, 0.5) is 0 Å². The molecule has 0 N–H and O–H groups in total. The quantitative estimate of drug-likeness (QED) is 0.390. The molecule has 0 aliphatic heterocycles. The SMILES string of the molecule is ClCc1c(Oc2cc(Cl)c(Br)cc2Cl)nc2sccn12. The summed E-state index contributed by atoms with van der Waals surface area (Å²) in [7, 11) is 0. The Bertz CT molecular complexity index is 786. The lowest BCUT2D eigenvalue weighted by Gasteiger charge is -2.08. The molecule has 0 bridgehead atoms. The van der Waals surface area contributed by atoms with Crippen LogP contribution in [0.15, 0.2) is 28.2 Å². The van der Waals surface area contributed by atoms with Gasteiger partial charge in [-0.15, -0.1) is 22.9 Å². The molecule has 0 amide bonds. The molecule has 0 fully saturated rings. The zero-order valence-electron chi connectivity index (χ0n) is 9.74. The van der Waals surface area contributed by atoms with Crippen LogP contribution in [0.1, 0.15) is 5.69 Å². The maximum atomic E-state index is 6.14. The predicted octanol–water partition coefficient (Wildman–Crippen LogP) is 6.00. The number of aromatic nitrogens is 2. The number of hydrogen-bond donors (Lipinski definition) is 0. The summed E-state index contributed by atoms with van der Waals surface area (Å²) in [6, 6.07) is 3.32. The third-order valence-electron chi connectivity index (χ3n) is 2.63. The molecule has 0 radical (unpaired) electrons. The van der Waals surface area contributed by atoms with E-state index in [0.717, 1.165) is 10.7 Å². The minimum atomic E-state index is 0.287. The topological polar surface area (TPSA) is 26.5 Å². The van der Waals surface area contributed by atoms with E-state index in [1.165, 1.54) is 11.3 Å². The predicted molar refractivity (Wildman–Crippen MR) is 86.9 cm³/mol. The van der Waals surface area contributed by atoms with Gasteiger partial charge in [-0.25, -0.2) is 0 Å². The number of halogens is 4. The number of benzene rings is 1. The van der Waals surface area contributed by atoms with Crippen molar-refractivity contribution < 1.29 is 4.74 Å². The first-order valence-electron chi connectivity index (χ1n) is 5.43. The standard InChI is InChI=1S/C12H6BrCl3N2OS/c13-6-3-8(16)10(4-7(6)15)19-11-9(5-14)18-1-2-20-12(18)17-11/h1-4H,5H2. The third-order valence-corrected chi connectivity index (χ3v) is 5.13. The van der Waals surface area contributed by atoms with Crippen molar-refractivity contribution in [1.82, 2.24) is 9.38 Å². The van der Waals surface area contributed by atoms with Crippen LogP contribution in [0.2, 0.25) is 10.0 Å². The van der Waals surface area contributed by atoms with Gasteiger partial charge < -0.3 is 4.74 Å². The molecular formula is C12H6BrCl3N2OS. The molecule has 0 aliphatic carbocycles. The molecule has 2 heterocycles. The highest BCUT2D eigenvalue weighted by atomic mass is 79.9. The minimum absolute atomic E-state index is 0.287. The van der Waals surface area contributed by atoms with Crippen molar-refractivity contribution in [3.05, 3.63) is 43.9 Å². The zero-order valence-corrected chi connectivity index (χ0v) is 14.4. The van der Waals surface area contributed by atoms with Crippen LogP contribution in [-0.4, -0.2) is 9.38 Å². The highest BCUT2D eigenvalue weighted by Gasteiger charge is 2.16. The highest BCUT2D eigenvalue weighted by molar-refractivity contribution is 9.10. The Hall–Kier alpha value is -0.460. The average Bonchev–Trinajstić information content (AvgIpc) is 2.96. The Balaban J connectivity index is 2.05. The zero-order chi connectivity index (χ0) is 14.3. The normalized spacial score (nSPS) is 11.2. The van der Waals surface area contributed by atoms with Crippen molar-refractivity contribution in [2.24, 2.45) is 0 Å². The molecule has 3 nitrogen and oxygen atoms in total. The van der Waals surface area contributed by atoms with Gasteiger partial charge in [-0.1, -0.05) is 23.2 Å². The van der Waals surface area contributed by atoms with Gasteiger partial charge in [0.15, 0.2) is 4.96 Å². The molecule has 8 heteroatoms. The van der Waals surface area contributed by atoms with Crippen LogP contribution in [-0.2, 0) is 5.88 Å². The first kappa shape index (κ1) is 14.5. The van der Waals surface area contributed by atoms with Gasteiger partial charge in [-0.2, -0.15) is 4.98 Å². The van der Waals surface area contributed by atoms with E-state index in [4.69, 9.17) is 39.5 Å². The van der Waals surface area contributed by atoms with E-state index in [0.29, 0.717) is 26.1 Å². The van der Waals surface area contributed by atoms with Crippen molar-refractivity contribution in [3.63, 3.8) is 0 Å². The van der Waals surface area contributed by atoms with Crippen molar-refractivity contribution in [1.29, 1.82) is 0 Å². The van der Waals surface area contributed by atoms with Crippen LogP contribution in [0.25, 0.3) is 4.96 Å². The first-order valence-corrected chi connectivity index (χ1v) is 8.39. The summed E-state index contributed by atoms with van der Waals surface area (Å²) in [5.41, 5.74) is 0.776. The molecule has 104 valence electrons. The number of nitrogens with zero attached hydrogens (tertiary/aromatic N) is 2. The maximum absolute atomic E-state index is 6.14. The fourth-order valence-corrected chi connectivity index (χ4v) is 3.50. The minimum Gasteiger partial charge on any atom is -0.436 e. The van der Waals surface area contributed by atoms with E-state index < -0.39 is 0 Å². The smallest absolute Gasteiger partial charge is 0.243 e. The lowest BCUT2D eigenvalue weighted by atomic mass is 10.3. The number of fused-ring (bicyclic) bond motifs is 1. The Labute approximate surface area is 142 Å². The van der Waals surface area contributed by atoms with Gasteiger partial charge >= 0.3 is 0 Å². The van der Waals surface area contributed by atoms with Gasteiger partial charge in [0.1, 0.15) is 11.4 Å². The number of imidazole rings is 1. The molecule has 1 aromatic carbocycles. The second-order valence-corrected chi connectivity index (χ2v) is 6.66. The summed E-state index contributed by atoms with van der Waals surface area (Å²) in [5.74, 6) is 1.17. The van der Waals surface area contributed by atoms with Crippen molar-refractivity contribution >= 4 is 67.0 Å². The monoisotopic (exact) mass is 410 g/mol. The Kier molecular flexibility index (Phi) is 4.15. The summed E-state index contributed by atoms with van der Waals surface area (Å²) in [6.45, 7) is 0. The summed E-state index contributed by atoms with van der Waals surface area (Å²) in [6.07, 6.45) is 1.90. The van der Waals surface area contributed by atoms with Crippen molar-refractivity contribution in [3.8, 4) is 11.6 Å². The average molecular weight is 413 g/mol. The van der Waals surface area contributed by atoms with Gasteiger partial charge in [0.2, 0.25) is 5.88 Å². The van der Waals surface area contributed by atoms with E-state index >= 15 is 0 Å². The van der Waals surface area contributed by atoms with Crippen LogP contribution in [0.3, 0.4) is 0 Å². The number of ether oxygens (including phenoxy) is 1. The second-order valence-electron chi connectivity index (χ2n) is 3.85. The summed E-state index contributed by atoms with van der Waals surface area (Å²) < 4.78 is 8.36. The van der Waals surface area contributed by atoms with E-state index in [-0.39, 0.29) is 5.88 Å². The molecule has 0 unspecified atom stereocenters. The van der Waals surface area contributed by atoms with Gasteiger partial charge in [0, 0.05) is 22.1 Å². The largest absolute Gasteiger partial charge is 0.436 e. The maximum Gasteiger partial charge on any atom is 0.243 e. The third kappa shape index (κ3) is 2.53. The van der Waals surface area contributed by atoms with Crippen molar-refractivity contribution in [2.45, 2.75) is 5.88 Å². The van der Waals surface area contributed by atoms with E-state index in [2.05, 4.69) is 20.9 Å². The van der Waals surface area contributed by atoms with Gasteiger partial charge in [0.25, 0.3) is 0 Å². The van der Waals surface area contributed by atoms with E-state index in [1.54, 1.807) is 12.1 Å². The number of alkyl halides is 1.